The second-order valence-electron chi connectivity index (χ2n) is 5.04. The Hall–Kier alpha value is -2.60. The van der Waals surface area contributed by atoms with Gasteiger partial charge in [0.1, 0.15) is 0 Å². The molecule has 2 aromatic rings. The molecule has 0 saturated carbocycles. The maximum Gasteiger partial charge on any atom is 0.328 e. The highest BCUT2D eigenvalue weighted by molar-refractivity contribution is 6.07. The number of hydrogen-bond donors (Lipinski definition) is 2. The SMILES string of the molecule is C=CCOCC(NC(=O)c1cn(CC)c2ccccc12)C(=O)O. The molecule has 6 nitrogen and oxygen atoms in total. The Kier molecular flexibility index (Phi) is 5.54. The van der Waals surface area contributed by atoms with Crippen LogP contribution in [0.4, 0.5) is 0 Å². The van der Waals surface area contributed by atoms with E-state index in [2.05, 4.69) is 11.9 Å². The highest BCUT2D eigenvalue weighted by atomic mass is 16.5. The molecule has 23 heavy (non-hydrogen) atoms. The van der Waals surface area contributed by atoms with Crippen LogP contribution in [0, 0.1) is 0 Å². The summed E-state index contributed by atoms with van der Waals surface area (Å²) in [5, 5.41) is 12.5. The second kappa shape index (κ2) is 7.60. The molecule has 2 rings (SSSR count). The maximum atomic E-state index is 12.5. The van der Waals surface area contributed by atoms with Crippen molar-refractivity contribution in [2.75, 3.05) is 13.2 Å². The van der Waals surface area contributed by atoms with E-state index in [0.717, 1.165) is 17.4 Å². The zero-order chi connectivity index (χ0) is 16.8. The Balaban J connectivity index is 2.22. The minimum Gasteiger partial charge on any atom is -0.480 e. The van der Waals surface area contributed by atoms with Crippen molar-refractivity contribution in [3.63, 3.8) is 0 Å². The average molecular weight is 316 g/mol. The van der Waals surface area contributed by atoms with E-state index in [1.807, 2.05) is 35.8 Å². The van der Waals surface area contributed by atoms with Crippen LogP contribution in [-0.2, 0) is 16.1 Å². The molecule has 1 atom stereocenters. The number of ether oxygens (including phenoxy) is 1. The van der Waals surface area contributed by atoms with Crippen LogP contribution in [0.5, 0.6) is 0 Å². The molecule has 0 aliphatic carbocycles. The molecule has 6 heteroatoms. The van der Waals surface area contributed by atoms with Crippen LogP contribution in [-0.4, -0.2) is 40.8 Å². The minimum absolute atomic E-state index is 0.112. The van der Waals surface area contributed by atoms with Gasteiger partial charge in [0.15, 0.2) is 6.04 Å². The number of aromatic nitrogens is 1. The van der Waals surface area contributed by atoms with Crippen molar-refractivity contribution >= 4 is 22.8 Å². The number of benzene rings is 1. The van der Waals surface area contributed by atoms with E-state index < -0.39 is 17.9 Å². The quantitative estimate of drug-likeness (QED) is 0.577. The molecule has 0 saturated heterocycles. The van der Waals surface area contributed by atoms with Crippen LogP contribution in [0.15, 0.2) is 43.1 Å². The summed E-state index contributed by atoms with van der Waals surface area (Å²) in [6.45, 7) is 6.32. The molecule has 1 unspecified atom stereocenters. The van der Waals surface area contributed by atoms with Gasteiger partial charge in [-0.05, 0) is 13.0 Å². The molecular formula is C17H20N2O4. The molecule has 1 aromatic heterocycles. The summed E-state index contributed by atoms with van der Waals surface area (Å²) >= 11 is 0. The second-order valence-corrected chi connectivity index (χ2v) is 5.04. The molecule has 1 aromatic carbocycles. The minimum atomic E-state index is -1.14. The van der Waals surface area contributed by atoms with Gasteiger partial charge in [0.05, 0.1) is 18.8 Å². The summed E-state index contributed by atoms with van der Waals surface area (Å²) in [6.07, 6.45) is 3.26. The van der Waals surface area contributed by atoms with Crippen molar-refractivity contribution < 1.29 is 19.4 Å². The van der Waals surface area contributed by atoms with Crippen molar-refractivity contribution in [2.45, 2.75) is 19.5 Å². The Morgan fingerprint density at radius 2 is 2.17 bits per heavy atom. The molecule has 0 spiro atoms. The molecule has 1 amide bonds. The summed E-state index contributed by atoms with van der Waals surface area (Å²) in [4.78, 5) is 23.7. The van der Waals surface area contributed by atoms with E-state index in [4.69, 9.17) is 4.74 Å². The first kappa shape index (κ1) is 16.8. The van der Waals surface area contributed by atoms with Gasteiger partial charge < -0.3 is 19.7 Å². The fourth-order valence-corrected chi connectivity index (χ4v) is 2.37. The number of carbonyl (C=O) groups excluding carboxylic acids is 1. The Morgan fingerprint density at radius 3 is 2.83 bits per heavy atom. The summed E-state index contributed by atoms with van der Waals surface area (Å²) in [5.74, 6) is -1.57. The summed E-state index contributed by atoms with van der Waals surface area (Å²) in [7, 11) is 0. The van der Waals surface area contributed by atoms with Crippen molar-refractivity contribution in [1.82, 2.24) is 9.88 Å². The van der Waals surface area contributed by atoms with E-state index in [0.29, 0.717) is 5.56 Å². The number of rotatable bonds is 8. The fourth-order valence-electron chi connectivity index (χ4n) is 2.37. The zero-order valence-electron chi connectivity index (χ0n) is 13.0. The lowest BCUT2D eigenvalue weighted by atomic mass is 10.1. The first-order valence-corrected chi connectivity index (χ1v) is 7.38. The first-order chi connectivity index (χ1) is 11.1. The summed E-state index contributed by atoms with van der Waals surface area (Å²) < 4.78 is 7.09. The van der Waals surface area contributed by atoms with Gasteiger partial charge in [-0.25, -0.2) is 4.79 Å². The predicted octanol–water partition coefficient (Wildman–Crippen LogP) is 2.05. The number of aryl methyl sites for hydroxylation is 1. The molecule has 0 radical (unpaired) electrons. The molecule has 122 valence electrons. The Bertz CT molecular complexity index is 720. The Morgan fingerprint density at radius 1 is 1.43 bits per heavy atom. The van der Waals surface area contributed by atoms with Crippen molar-refractivity contribution in [1.29, 1.82) is 0 Å². The number of fused-ring (bicyclic) bond motifs is 1. The number of carbonyl (C=O) groups is 2. The van der Waals surface area contributed by atoms with Gasteiger partial charge in [-0.1, -0.05) is 24.3 Å². The van der Waals surface area contributed by atoms with Crippen LogP contribution in [0.2, 0.25) is 0 Å². The van der Waals surface area contributed by atoms with Crippen molar-refractivity contribution in [3.8, 4) is 0 Å². The van der Waals surface area contributed by atoms with Crippen LogP contribution in [0.25, 0.3) is 10.9 Å². The van der Waals surface area contributed by atoms with E-state index >= 15 is 0 Å². The number of para-hydroxylation sites is 1. The monoisotopic (exact) mass is 316 g/mol. The lowest BCUT2D eigenvalue weighted by Gasteiger charge is -2.14. The third kappa shape index (κ3) is 3.78. The van der Waals surface area contributed by atoms with E-state index in [-0.39, 0.29) is 13.2 Å². The molecule has 1 heterocycles. The first-order valence-electron chi connectivity index (χ1n) is 7.38. The molecule has 2 N–H and O–H groups in total. The topological polar surface area (TPSA) is 80.6 Å². The van der Waals surface area contributed by atoms with E-state index in [1.54, 1.807) is 6.20 Å². The Labute approximate surface area is 134 Å². The van der Waals surface area contributed by atoms with Crippen LogP contribution in [0.3, 0.4) is 0 Å². The number of amides is 1. The predicted molar refractivity (Wildman–Crippen MR) is 87.5 cm³/mol. The lowest BCUT2D eigenvalue weighted by Crippen LogP contribution is -2.44. The number of aliphatic carboxylic acids is 1. The number of carboxylic acid groups (broad SMARTS) is 1. The average Bonchev–Trinajstić information content (AvgIpc) is 2.92. The smallest absolute Gasteiger partial charge is 0.328 e. The van der Waals surface area contributed by atoms with Gasteiger partial charge in [0.2, 0.25) is 0 Å². The van der Waals surface area contributed by atoms with Crippen LogP contribution < -0.4 is 5.32 Å². The zero-order valence-corrected chi connectivity index (χ0v) is 13.0. The van der Waals surface area contributed by atoms with Crippen LogP contribution >= 0.6 is 0 Å². The number of nitrogens with zero attached hydrogens (tertiary/aromatic N) is 1. The normalized spacial score (nSPS) is 12.0. The largest absolute Gasteiger partial charge is 0.480 e. The maximum absolute atomic E-state index is 12.5. The molecule has 0 bridgehead atoms. The highest BCUT2D eigenvalue weighted by Crippen LogP contribution is 2.21. The number of carboxylic acids is 1. The third-order valence-corrected chi connectivity index (χ3v) is 3.50. The number of nitrogens with one attached hydrogen (secondary N) is 1. The van der Waals surface area contributed by atoms with Gasteiger partial charge in [0.25, 0.3) is 5.91 Å². The lowest BCUT2D eigenvalue weighted by molar-refractivity contribution is -0.140. The van der Waals surface area contributed by atoms with Gasteiger partial charge in [-0.15, -0.1) is 6.58 Å². The van der Waals surface area contributed by atoms with Gasteiger partial charge in [-0.3, -0.25) is 4.79 Å². The highest BCUT2D eigenvalue weighted by Gasteiger charge is 2.23. The van der Waals surface area contributed by atoms with Crippen molar-refractivity contribution in [2.24, 2.45) is 0 Å². The van der Waals surface area contributed by atoms with E-state index in [1.165, 1.54) is 6.08 Å². The fraction of sp³-hybridized carbons (Fsp3) is 0.294. The standard InChI is InChI=1S/C17H20N2O4/c1-3-9-23-11-14(17(21)22)18-16(20)13-10-19(4-2)15-8-6-5-7-12(13)15/h3,5-8,10,14H,1,4,9,11H2,2H3,(H,18,20)(H,21,22). The molecule has 0 fully saturated rings. The summed E-state index contributed by atoms with van der Waals surface area (Å²) in [6, 6.07) is 6.42. The van der Waals surface area contributed by atoms with Gasteiger partial charge >= 0.3 is 5.97 Å². The number of hydrogen-bond acceptors (Lipinski definition) is 3. The van der Waals surface area contributed by atoms with Gasteiger partial charge in [0, 0.05) is 23.6 Å². The molecule has 0 aliphatic rings. The summed E-state index contributed by atoms with van der Waals surface area (Å²) in [5.41, 5.74) is 1.40. The van der Waals surface area contributed by atoms with Gasteiger partial charge in [-0.2, -0.15) is 0 Å². The molecule has 0 aliphatic heterocycles. The van der Waals surface area contributed by atoms with E-state index in [9.17, 15) is 14.7 Å². The van der Waals surface area contributed by atoms with Crippen LogP contribution in [0.1, 0.15) is 17.3 Å². The van der Waals surface area contributed by atoms with Crippen molar-refractivity contribution in [3.05, 3.63) is 48.7 Å². The third-order valence-electron chi connectivity index (χ3n) is 3.50. The molecular weight excluding hydrogens is 296 g/mol.